The van der Waals surface area contributed by atoms with Crippen LogP contribution in [0.15, 0.2) is 12.1 Å². The molecule has 0 aliphatic carbocycles. The minimum Gasteiger partial charge on any atom is -0.441 e. The van der Waals surface area contributed by atoms with Crippen molar-refractivity contribution in [2.75, 3.05) is 18.9 Å². The maximum absolute atomic E-state index is 13.9. The number of nitrogens with one attached hydrogen (secondary N) is 2. The first-order valence-corrected chi connectivity index (χ1v) is 5.61. The van der Waals surface area contributed by atoms with Gasteiger partial charge in [0.25, 0.3) is 0 Å². The topological polar surface area (TPSA) is 50.4 Å². The van der Waals surface area contributed by atoms with Gasteiger partial charge in [0, 0.05) is 6.42 Å². The number of carbonyl (C=O) groups is 1. The van der Waals surface area contributed by atoms with E-state index in [0.29, 0.717) is 24.2 Å². The van der Waals surface area contributed by atoms with Gasteiger partial charge in [0.2, 0.25) is 0 Å². The SMILES string of the molecule is CNCC[C@H]1OC(=O)Nc2ccc(Cl)c(F)c21. The quantitative estimate of drug-likeness (QED) is 0.876. The molecular formula is C11H12ClFN2O2. The number of cyclic esters (lactones) is 1. The molecule has 0 fully saturated rings. The molecular weight excluding hydrogens is 247 g/mol. The lowest BCUT2D eigenvalue weighted by Crippen LogP contribution is -2.27. The summed E-state index contributed by atoms with van der Waals surface area (Å²) in [6.45, 7) is 0.614. The average Bonchev–Trinajstić information content (AvgIpc) is 2.30. The molecule has 92 valence electrons. The van der Waals surface area contributed by atoms with Crippen molar-refractivity contribution in [3.05, 3.63) is 28.5 Å². The number of rotatable bonds is 3. The van der Waals surface area contributed by atoms with E-state index in [-0.39, 0.29) is 5.02 Å². The zero-order chi connectivity index (χ0) is 12.4. The highest BCUT2D eigenvalue weighted by atomic mass is 35.5. The molecule has 0 bridgehead atoms. The number of hydrogen-bond acceptors (Lipinski definition) is 3. The van der Waals surface area contributed by atoms with Crippen molar-refractivity contribution < 1.29 is 13.9 Å². The largest absolute Gasteiger partial charge is 0.441 e. The fraction of sp³-hybridized carbons (Fsp3) is 0.364. The van der Waals surface area contributed by atoms with Crippen molar-refractivity contribution >= 4 is 23.4 Å². The molecule has 0 saturated heterocycles. The Bertz CT molecular complexity index is 453. The fourth-order valence-corrected chi connectivity index (χ4v) is 1.96. The molecule has 1 atom stereocenters. The van der Waals surface area contributed by atoms with E-state index < -0.39 is 18.0 Å². The number of amides is 1. The third-order valence-electron chi connectivity index (χ3n) is 2.60. The zero-order valence-electron chi connectivity index (χ0n) is 9.22. The Labute approximate surface area is 103 Å². The van der Waals surface area contributed by atoms with Crippen molar-refractivity contribution in [2.45, 2.75) is 12.5 Å². The van der Waals surface area contributed by atoms with Gasteiger partial charge in [-0.1, -0.05) is 11.6 Å². The second kappa shape index (κ2) is 4.89. The molecule has 1 aliphatic rings. The number of benzene rings is 1. The van der Waals surface area contributed by atoms with Crippen LogP contribution < -0.4 is 10.6 Å². The second-order valence-electron chi connectivity index (χ2n) is 3.73. The molecule has 0 spiro atoms. The first kappa shape index (κ1) is 12.1. The summed E-state index contributed by atoms with van der Waals surface area (Å²) in [4.78, 5) is 11.3. The second-order valence-corrected chi connectivity index (χ2v) is 4.14. The van der Waals surface area contributed by atoms with E-state index in [2.05, 4.69) is 10.6 Å². The summed E-state index contributed by atoms with van der Waals surface area (Å²) in [5.74, 6) is -0.537. The molecule has 6 heteroatoms. The van der Waals surface area contributed by atoms with Gasteiger partial charge in [0.15, 0.2) is 5.82 Å². The van der Waals surface area contributed by atoms with Crippen LogP contribution in [0.5, 0.6) is 0 Å². The highest BCUT2D eigenvalue weighted by molar-refractivity contribution is 6.31. The molecule has 2 rings (SSSR count). The van der Waals surface area contributed by atoms with Gasteiger partial charge in [-0.05, 0) is 25.7 Å². The Morgan fingerprint density at radius 1 is 1.59 bits per heavy atom. The number of fused-ring (bicyclic) bond motifs is 1. The van der Waals surface area contributed by atoms with Gasteiger partial charge in [0.1, 0.15) is 6.10 Å². The van der Waals surface area contributed by atoms with Crippen molar-refractivity contribution in [2.24, 2.45) is 0 Å². The van der Waals surface area contributed by atoms with Crippen LogP contribution in [0.2, 0.25) is 5.02 Å². The molecule has 0 unspecified atom stereocenters. The van der Waals surface area contributed by atoms with E-state index in [0.717, 1.165) is 0 Å². The summed E-state index contributed by atoms with van der Waals surface area (Å²) in [5.41, 5.74) is 0.733. The van der Waals surface area contributed by atoms with Crippen LogP contribution >= 0.6 is 11.6 Å². The summed E-state index contributed by atoms with van der Waals surface area (Å²) in [6, 6.07) is 2.99. The smallest absolute Gasteiger partial charge is 0.412 e. The lowest BCUT2D eigenvalue weighted by Gasteiger charge is -2.26. The molecule has 1 heterocycles. The van der Waals surface area contributed by atoms with Crippen LogP contribution in [-0.4, -0.2) is 19.7 Å². The van der Waals surface area contributed by atoms with E-state index in [9.17, 15) is 9.18 Å². The van der Waals surface area contributed by atoms with Gasteiger partial charge in [-0.2, -0.15) is 0 Å². The van der Waals surface area contributed by atoms with Crippen molar-refractivity contribution in [1.29, 1.82) is 0 Å². The van der Waals surface area contributed by atoms with Gasteiger partial charge in [0.05, 0.1) is 16.3 Å². The Morgan fingerprint density at radius 3 is 3.06 bits per heavy atom. The maximum Gasteiger partial charge on any atom is 0.412 e. The zero-order valence-corrected chi connectivity index (χ0v) is 9.97. The predicted molar refractivity (Wildman–Crippen MR) is 62.8 cm³/mol. The van der Waals surface area contributed by atoms with Crippen LogP contribution in [0, 0.1) is 5.82 Å². The third kappa shape index (κ3) is 2.35. The van der Waals surface area contributed by atoms with E-state index in [1.807, 2.05) is 0 Å². The van der Waals surface area contributed by atoms with Crippen molar-refractivity contribution in [3.63, 3.8) is 0 Å². The summed E-state index contributed by atoms with van der Waals surface area (Å²) >= 11 is 5.72. The summed E-state index contributed by atoms with van der Waals surface area (Å²) in [6.07, 6.45) is -0.681. The minimum atomic E-state index is -0.607. The molecule has 0 radical (unpaired) electrons. The molecule has 4 nitrogen and oxygen atoms in total. The summed E-state index contributed by atoms with van der Waals surface area (Å²) < 4.78 is 19.0. The normalized spacial score (nSPS) is 18.3. The predicted octanol–water partition coefficient (Wildman–Crippen LogP) is 2.69. The molecule has 17 heavy (non-hydrogen) atoms. The lowest BCUT2D eigenvalue weighted by atomic mass is 10.0. The molecule has 0 aromatic heterocycles. The maximum atomic E-state index is 13.9. The monoisotopic (exact) mass is 258 g/mol. The van der Waals surface area contributed by atoms with Gasteiger partial charge in [-0.3, -0.25) is 5.32 Å². The van der Waals surface area contributed by atoms with E-state index in [4.69, 9.17) is 16.3 Å². The first-order chi connectivity index (χ1) is 8.13. The van der Waals surface area contributed by atoms with Crippen LogP contribution in [0.1, 0.15) is 18.1 Å². The Morgan fingerprint density at radius 2 is 2.35 bits per heavy atom. The van der Waals surface area contributed by atoms with Crippen LogP contribution in [0.3, 0.4) is 0 Å². The summed E-state index contributed by atoms with van der Waals surface area (Å²) in [7, 11) is 1.78. The Hall–Kier alpha value is -1.33. The van der Waals surface area contributed by atoms with E-state index in [1.54, 1.807) is 13.1 Å². The number of carbonyl (C=O) groups excluding carboxylic acids is 1. The minimum absolute atomic E-state index is 0.0259. The fourth-order valence-electron chi connectivity index (χ4n) is 1.80. The molecule has 1 amide bonds. The molecule has 1 aromatic rings. The molecule has 2 N–H and O–H groups in total. The molecule has 1 aliphatic heterocycles. The van der Waals surface area contributed by atoms with Gasteiger partial charge in [-0.25, -0.2) is 9.18 Å². The van der Waals surface area contributed by atoms with E-state index in [1.165, 1.54) is 6.07 Å². The van der Waals surface area contributed by atoms with Crippen LogP contribution in [0.4, 0.5) is 14.9 Å². The Balaban J connectivity index is 2.39. The summed E-state index contributed by atoms with van der Waals surface area (Å²) in [5, 5.41) is 5.41. The van der Waals surface area contributed by atoms with Gasteiger partial charge >= 0.3 is 6.09 Å². The standard InChI is InChI=1S/C11H12ClFN2O2/c1-14-5-4-8-9-7(15-11(16)17-8)3-2-6(12)10(9)13/h2-3,8,14H,4-5H2,1H3,(H,15,16)/t8-/m1/s1. The molecule has 1 aromatic carbocycles. The number of halogens is 2. The van der Waals surface area contributed by atoms with Gasteiger partial charge in [-0.15, -0.1) is 0 Å². The highest BCUT2D eigenvalue weighted by Crippen LogP contribution is 2.37. The van der Waals surface area contributed by atoms with E-state index >= 15 is 0 Å². The molecule has 0 saturated carbocycles. The first-order valence-electron chi connectivity index (χ1n) is 5.23. The van der Waals surface area contributed by atoms with Crippen LogP contribution in [0.25, 0.3) is 0 Å². The number of ether oxygens (including phenoxy) is 1. The van der Waals surface area contributed by atoms with Crippen LogP contribution in [-0.2, 0) is 4.74 Å². The Kier molecular flexibility index (Phi) is 3.49. The van der Waals surface area contributed by atoms with Crippen molar-refractivity contribution in [3.8, 4) is 0 Å². The third-order valence-corrected chi connectivity index (χ3v) is 2.89. The van der Waals surface area contributed by atoms with Gasteiger partial charge < -0.3 is 10.1 Å². The number of anilines is 1. The van der Waals surface area contributed by atoms with Crippen molar-refractivity contribution in [1.82, 2.24) is 5.32 Å². The lowest BCUT2D eigenvalue weighted by molar-refractivity contribution is 0.0988. The highest BCUT2D eigenvalue weighted by Gasteiger charge is 2.29. The average molecular weight is 259 g/mol. The number of hydrogen-bond donors (Lipinski definition) is 2.